The Kier molecular flexibility index (Phi) is 5.35. The van der Waals surface area contributed by atoms with Gasteiger partial charge in [-0.15, -0.1) is 10.2 Å². The van der Waals surface area contributed by atoms with Gasteiger partial charge < -0.3 is 5.32 Å². The molecule has 26 heavy (non-hydrogen) atoms. The summed E-state index contributed by atoms with van der Waals surface area (Å²) < 4.78 is 0. The first-order valence-electron chi connectivity index (χ1n) is 9.26. The van der Waals surface area contributed by atoms with Crippen molar-refractivity contribution in [3.05, 3.63) is 47.5 Å². The van der Waals surface area contributed by atoms with Crippen molar-refractivity contribution in [2.45, 2.75) is 52.9 Å². The molecular formula is C21H26N4O. The molecule has 136 valence electrons. The van der Waals surface area contributed by atoms with E-state index in [-0.39, 0.29) is 5.91 Å². The monoisotopic (exact) mass is 350 g/mol. The highest BCUT2D eigenvalue weighted by molar-refractivity contribution is 5.94. The van der Waals surface area contributed by atoms with Crippen molar-refractivity contribution in [2.24, 2.45) is 0 Å². The second-order valence-electron chi connectivity index (χ2n) is 7.04. The number of unbranched alkanes of at least 4 members (excludes halogenated alkanes) is 1. The number of nitrogens with zero attached hydrogens (tertiary/aromatic N) is 3. The fourth-order valence-corrected chi connectivity index (χ4v) is 2.86. The lowest BCUT2D eigenvalue weighted by Crippen LogP contribution is -2.11. The standard InChI is InChI=1S/C21H26N4O/c1-5-6-7-21(26)22-18-13-20-19(12-15(18)4)23-25(24-20)17-10-8-16(9-11-17)14(2)3/h8-14H,5-7H2,1-4H3,(H,22,26). The summed E-state index contributed by atoms with van der Waals surface area (Å²) in [5.74, 6) is 0.543. The van der Waals surface area contributed by atoms with Crippen molar-refractivity contribution in [3.63, 3.8) is 0 Å². The Balaban J connectivity index is 1.87. The van der Waals surface area contributed by atoms with Gasteiger partial charge in [-0.05, 0) is 54.7 Å². The third-order valence-electron chi connectivity index (χ3n) is 4.55. The minimum Gasteiger partial charge on any atom is -0.326 e. The van der Waals surface area contributed by atoms with Crippen LogP contribution in [0.5, 0.6) is 0 Å². The van der Waals surface area contributed by atoms with E-state index < -0.39 is 0 Å². The maximum atomic E-state index is 12.0. The largest absolute Gasteiger partial charge is 0.326 e. The Morgan fingerprint density at radius 3 is 2.38 bits per heavy atom. The molecule has 3 rings (SSSR count). The van der Waals surface area contributed by atoms with Crippen LogP contribution in [-0.4, -0.2) is 20.9 Å². The van der Waals surface area contributed by atoms with Gasteiger partial charge in [-0.25, -0.2) is 0 Å². The fourth-order valence-electron chi connectivity index (χ4n) is 2.86. The zero-order chi connectivity index (χ0) is 18.7. The van der Waals surface area contributed by atoms with Crippen LogP contribution in [0, 0.1) is 6.92 Å². The van der Waals surface area contributed by atoms with Gasteiger partial charge in [0.1, 0.15) is 11.0 Å². The molecular weight excluding hydrogens is 324 g/mol. The molecule has 0 fully saturated rings. The Bertz CT molecular complexity index is 910. The molecule has 1 amide bonds. The van der Waals surface area contributed by atoms with E-state index in [1.54, 1.807) is 4.80 Å². The van der Waals surface area contributed by atoms with E-state index in [9.17, 15) is 4.79 Å². The zero-order valence-corrected chi connectivity index (χ0v) is 15.9. The number of nitrogens with one attached hydrogen (secondary N) is 1. The molecule has 3 aromatic rings. The average Bonchev–Trinajstić information content (AvgIpc) is 3.03. The normalized spacial score (nSPS) is 11.3. The van der Waals surface area contributed by atoms with Gasteiger partial charge in [-0.2, -0.15) is 4.80 Å². The van der Waals surface area contributed by atoms with Crippen LogP contribution in [0.4, 0.5) is 5.69 Å². The summed E-state index contributed by atoms with van der Waals surface area (Å²) in [6.45, 7) is 8.41. The van der Waals surface area contributed by atoms with Crippen molar-refractivity contribution < 1.29 is 4.79 Å². The van der Waals surface area contributed by atoms with E-state index in [2.05, 4.69) is 48.4 Å². The van der Waals surface area contributed by atoms with E-state index >= 15 is 0 Å². The van der Waals surface area contributed by atoms with Crippen LogP contribution in [0.15, 0.2) is 36.4 Å². The summed E-state index contributed by atoms with van der Waals surface area (Å²) in [5.41, 5.74) is 5.61. The SMILES string of the molecule is CCCCC(=O)Nc1cc2nn(-c3ccc(C(C)C)cc3)nc2cc1C. The highest BCUT2D eigenvalue weighted by Crippen LogP contribution is 2.23. The lowest BCUT2D eigenvalue weighted by atomic mass is 10.0. The highest BCUT2D eigenvalue weighted by atomic mass is 16.1. The zero-order valence-electron chi connectivity index (χ0n) is 15.9. The number of hydrogen-bond donors (Lipinski definition) is 1. The molecule has 0 unspecified atom stereocenters. The van der Waals surface area contributed by atoms with E-state index in [1.807, 2.05) is 31.2 Å². The van der Waals surface area contributed by atoms with Gasteiger partial charge in [0.25, 0.3) is 0 Å². The minimum atomic E-state index is 0.0472. The van der Waals surface area contributed by atoms with Crippen LogP contribution in [0.2, 0.25) is 0 Å². The van der Waals surface area contributed by atoms with Crippen LogP contribution in [-0.2, 0) is 4.79 Å². The minimum absolute atomic E-state index is 0.0472. The number of carbonyl (C=O) groups is 1. The Morgan fingerprint density at radius 2 is 1.77 bits per heavy atom. The highest BCUT2D eigenvalue weighted by Gasteiger charge is 2.11. The van der Waals surface area contributed by atoms with Crippen molar-refractivity contribution in [3.8, 4) is 5.69 Å². The van der Waals surface area contributed by atoms with E-state index in [1.165, 1.54) is 5.56 Å². The number of rotatable bonds is 6. The molecule has 0 atom stereocenters. The van der Waals surface area contributed by atoms with Crippen LogP contribution in [0.25, 0.3) is 16.7 Å². The van der Waals surface area contributed by atoms with Crippen LogP contribution < -0.4 is 5.32 Å². The molecule has 0 aliphatic heterocycles. The van der Waals surface area contributed by atoms with E-state index in [0.717, 1.165) is 40.8 Å². The number of anilines is 1. The lowest BCUT2D eigenvalue weighted by molar-refractivity contribution is -0.116. The topological polar surface area (TPSA) is 59.8 Å². The van der Waals surface area contributed by atoms with Gasteiger partial charge in [0.15, 0.2) is 0 Å². The summed E-state index contributed by atoms with van der Waals surface area (Å²) in [5, 5.41) is 12.2. The summed E-state index contributed by atoms with van der Waals surface area (Å²) >= 11 is 0. The quantitative estimate of drug-likeness (QED) is 0.682. The Hall–Kier alpha value is -2.69. The maximum absolute atomic E-state index is 12.0. The van der Waals surface area contributed by atoms with Crippen molar-refractivity contribution in [2.75, 3.05) is 5.32 Å². The number of benzene rings is 2. The summed E-state index contributed by atoms with van der Waals surface area (Å²) in [6, 6.07) is 12.2. The Labute approximate surface area is 154 Å². The average molecular weight is 350 g/mol. The van der Waals surface area contributed by atoms with Gasteiger partial charge in [0.05, 0.1) is 5.69 Å². The summed E-state index contributed by atoms with van der Waals surface area (Å²) in [4.78, 5) is 13.7. The molecule has 5 nitrogen and oxygen atoms in total. The predicted octanol–water partition coefficient (Wildman–Crippen LogP) is 4.98. The van der Waals surface area contributed by atoms with E-state index in [4.69, 9.17) is 0 Å². The van der Waals surface area contributed by atoms with Crippen LogP contribution in [0.3, 0.4) is 0 Å². The molecule has 2 aromatic carbocycles. The van der Waals surface area contributed by atoms with Crippen LogP contribution >= 0.6 is 0 Å². The number of hydrogen-bond acceptors (Lipinski definition) is 3. The fraction of sp³-hybridized carbons (Fsp3) is 0.381. The molecule has 0 spiro atoms. The molecule has 0 bridgehead atoms. The summed E-state index contributed by atoms with van der Waals surface area (Å²) in [7, 11) is 0. The van der Waals surface area contributed by atoms with E-state index in [0.29, 0.717) is 12.3 Å². The maximum Gasteiger partial charge on any atom is 0.224 e. The third kappa shape index (κ3) is 3.93. The molecule has 0 saturated carbocycles. The number of aromatic nitrogens is 3. The molecule has 0 aliphatic rings. The van der Waals surface area contributed by atoms with Crippen molar-refractivity contribution in [1.82, 2.24) is 15.0 Å². The molecule has 1 heterocycles. The van der Waals surface area contributed by atoms with Gasteiger partial charge in [0.2, 0.25) is 5.91 Å². The first kappa shape index (κ1) is 18.1. The second-order valence-corrected chi connectivity index (χ2v) is 7.04. The molecule has 0 aliphatic carbocycles. The molecule has 1 aromatic heterocycles. The lowest BCUT2D eigenvalue weighted by Gasteiger charge is -2.07. The third-order valence-corrected chi connectivity index (χ3v) is 4.55. The van der Waals surface area contributed by atoms with Crippen molar-refractivity contribution >= 4 is 22.6 Å². The summed E-state index contributed by atoms with van der Waals surface area (Å²) in [6.07, 6.45) is 2.45. The molecule has 5 heteroatoms. The molecule has 1 N–H and O–H groups in total. The first-order valence-corrected chi connectivity index (χ1v) is 9.26. The number of aryl methyl sites for hydroxylation is 1. The predicted molar refractivity (Wildman–Crippen MR) is 106 cm³/mol. The van der Waals surface area contributed by atoms with Crippen LogP contribution in [0.1, 0.15) is 57.1 Å². The second kappa shape index (κ2) is 7.68. The molecule has 0 radical (unpaired) electrons. The molecule has 0 saturated heterocycles. The van der Waals surface area contributed by atoms with Gasteiger partial charge in [0, 0.05) is 12.1 Å². The number of fused-ring (bicyclic) bond motifs is 1. The number of amides is 1. The van der Waals surface area contributed by atoms with Gasteiger partial charge in [-0.3, -0.25) is 4.79 Å². The van der Waals surface area contributed by atoms with Crippen molar-refractivity contribution in [1.29, 1.82) is 0 Å². The van der Waals surface area contributed by atoms with Gasteiger partial charge in [-0.1, -0.05) is 39.3 Å². The number of carbonyl (C=O) groups excluding carboxylic acids is 1. The van der Waals surface area contributed by atoms with Gasteiger partial charge >= 0.3 is 0 Å². The Morgan fingerprint density at radius 1 is 1.12 bits per heavy atom. The smallest absolute Gasteiger partial charge is 0.224 e. The first-order chi connectivity index (χ1) is 12.5.